The Kier molecular flexibility index (Phi) is 5.10. The highest BCUT2D eigenvalue weighted by atomic mass is 16.5. The van der Waals surface area contributed by atoms with Crippen LogP contribution in [0, 0.1) is 6.92 Å². The van der Waals surface area contributed by atoms with Gasteiger partial charge in [0.25, 0.3) is 0 Å². The van der Waals surface area contributed by atoms with Crippen LogP contribution in [0.2, 0.25) is 0 Å². The van der Waals surface area contributed by atoms with Crippen molar-refractivity contribution >= 4 is 11.6 Å². The molecule has 1 aliphatic rings. The number of hydrazine groups is 1. The van der Waals surface area contributed by atoms with Crippen molar-refractivity contribution in [3.05, 3.63) is 72.1 Å². The van der Waals surface area contributed by atoms with Crippen molar-refractivity contribution in [1.82, 2.24) is 20.6 Å². The number of methoxy groups -OCH3 is 1. The van der Waals surface area contributed by atoms with Crippen LogP contribution < -0.4 is 20.9 Å². The molecule has 1 saturated heterocycles. The zero-order valence-electron chi connectivity index (χ0n) is 15.8. The zero-order valence-corrected chi connectivity index (χ0v) is 15.8. The van der Waals surface area contributed by atoms with E-state index in [0.29, 0.717) is 6.42 Å². The van der Waals surface area contributed by atoms with E-state index in [-0.39, 0.29) is 18.0 Å². The molecule has 4 rings (SSSR count). The molecule has 0 aliphatic carbocycles. The van der Waals surface area contributed by atoms with Crippen molar-refractivity contribution in [1.29, 1.82) is 0 Å². The van der Waals surface area contributed by atoms with Crippen LogP contribution in [0.25, 0.3) is 5.69 Å². The number of hydrogen-bond donors (Lipinski definition) is 3. The predicted octanol–water partition coefficient (Wildman–Crippen LogP) is 2.74. The molecule has 7 nitrogen and oxygen atoms in total. The summed E-state index contributed by atoms with van der Waals surface area (Å²) < 4.78 is 7.00. The lowest BCUT2D eigenvalue weighted by Crippen LogP contribution is -2.39. The molecule has 1 aromatic heterocycles. The number of carbonyl (C=O) groups excluding carboxylic acids is 1. The Labute approximate surface area is 163 Å². The fourth-order valence-electron chi connectivity index (χ4n) is 3.27. The molecule has 3 N–H and O–H groups in total. The van der Waals surface area contributed by atoms with Gasteiger partial charge in [-0.2, -0.15) is 5.10 Å². The molecule has 28 heavy (non-hydrogen) atoms. The van der Waals surface area contributed by atoms with Crippen LogP contribution in [0.4, 0.5) is 5.69 Å². The average molecular weight is 377 g/mol. The van der Waals surface area contributed by atoms with Crippen LogP contribution in [-0.4, -0.2) is 28.8 Å². The fourth-order valence-corrected chi connectivity index (χ4v) is 3.27. The Hall–Kier alpha value is -3.16. The molecule has 2 aromatic carbocycles. The number of aromatic nitrogens is 2. The third kappa shape index (κ3) is 3.90. The number of ether oxygens (including phenoxy) is 1. The number of amides is 1. The topological polar surface area (TPSA) is 80.2 Å². The summed E-state index contributed by atoms with van der Waals surface area (Å²) in [6.45, 7) is 1.95. The van der Waals surface area contributed by atoms with Crippen LogP contribution in [0.1, 0.15) is 23.7 Å². The first kappa shape index (κ1) is 18.2. The summed E-state index contributed by atoms with van der Waals surface area (Å²) in [6, 6.07) is 17.2. The Bertz CT molecular complexity index is 950. The molecule has 2 heterocycles. The van der Waals surface area contributed by atoms with E-state index in [1.165, 1.54) is 0 Å². The van der Waals surface area contributed by atoms with Gasteiger partial charge in [0.05, 0.1) is 18.5 Å². The summed E-state index contributed by atoms with van der Waals surface area (Å²) in [4.78, 5) is 12.6. The van der Waals surface area contributed by atoms with Gasteiger partial charge in [-0.05, 0) is 61.4 Å². The van der Waals surface area contributed by atoms with E-state index in [4.69, 9.17) is 4.74 Å². The van der Waals surface area contributed by atoms with E-state index >= 15 is 0 Å². The van der Waals surface area contributed by atoms with Crippen molar-refractivity contribution in [2.45, 2.75) is 25.4 Å². The molecule has 7 heteroatoms. The molecule has 0 radical (unpaired) electrons. The minimum Gasteiger partial charge on any atom is -0.497 e. The van der Waals surface area contributed by atoms with Gasteiger partial charge in [0.1, 0.15) is 11.8 Å². The largest absolute Gasteiger partial charge is 0.497 e. The maximum absolute atomic E-state index is 12.6. The van der Waals surface area contributed by atoms with Crippen molar-refractivity contribution in [2.75, 3.05) is 12.4 Å². The summed E-state index contributed by atoms with van der Waals surface area (Å²) in [6.07, 6.45) is 2.58. The highest BCUT2D eigenvalue weighted by Gasteiger charge is 2.30. The first-order chi connectivity index (χ1) is 13.6. The Morgan fingerprint density at radius 2 is 1.86 bits per heavy atom. The minimum absolute atomic E-state index is 0.0637. The van der Waals surface area contributed by atoms with Gasteiger partial charge in [-0.15, -0.1) is 0 Å². The monoisotopic (exact) mass is 377 g/mol. The van der Waals surface area contributed by atoms with E-state index in [1.54, 1.807) is 7.11 Å². The fraction of sp³-hybridized carbons (Fsp3) is 0.238. The molecule has 1 fully saturated rings. The molecular formula is C21H23N5O2. The van der Waals surface area contributed by atoms with E-state index < -0.39 is 0 Å². The highest BCUT2D eigenvalue weighted by Crippen LogP contribution is 2.25. The maximum atomic E-state index is 12.6. The van der Waals surface area contributed by atoms with Crippen molar-refractivity contribution in [2.24, 2.45) is 0 Å². The standard InChI is InChI=1S/C21H23N5O2/c1-14-11-12-26(25-14)17-7-5-16(6-8-17)22-21(27)20-13-19(23-24-20)15-3-9-18(28-2)10-4-15/h3-12,19-20,23-24H,13H2,1-2H3,(H,22,27). The molecule has 2 unspecified atom stereocenters. The minimum atomic E-state index is -0.305. The Balaban J connectivity index is 1.36. The van der Waals surface area contributed by atoms with Gasteiger partial charge in [-0.1, -0.05) is 12.1 Å². The van der Waals surface area contributed by atoms with Gasteiger partial charge in [-0.3, -0.25) is 4.79 Å². The van der Waals surface area contributed by atoms with E-state index in [2.05, 4.69) is 21.3 Å². The second-order valence-electron chi connectivity index (χ2n) is 6.84. The molecule has 0 spiro atoms. The first-order valence-electron chi connectivity index (χ1n) is 9.21. The number of nitrogens with zero attached hydrogens (tertiary/aromatic N) is 2. The van der Waals surface area contributed by atoms with E-state index in [0.717, 1.165) is 28.4 Å². The second-order valence-corrected chi connectivity index (χ2v) is 6.84. The number of nitrogens with one attached hydrogen (secondary N) is 3. The molecular weight excluding hydrogens is 354 g/mol. The smallest absolute Gasteiger partial charge is 0.242 e. The molecule has 144 valence electrons. The van der Waals surface area contributed by atoms with Crippen molar-refractivity contribution in [3.63, 3.8) is 0 Å². The van der Waals surface area contributed by atoms with Gasteiger partial charge in [-0.25, -0.2) is 15.5 Å². The number of rotatable bonds is 5. The third-order valence-corrected chi connectivity index (χ3v) is 4.86. The molecule has 0 saturated carbocycles. The quantitative estimate of drug-likeness (QED) is 0.637. The van der Waals surface area contributed by atoms with Crippen LogP contribution >= 0.6 is 0 Å². The lowest BCUT2D eigenvalue weighted by Gasteiger charge is -2.11. The number of aryl methyl sites for hydroxylation is 1. The van der Waals surface area contributed by atoms with Gasteiger partial charge in [0.2, 0.25) is 5.91 Å². The van der Waals surface area contributed by atoms with Crippen LogP contribution in [-0.2, 0) is 4.79 Å². The first-order valence-corrected chi connectivity index (χ1v) is 9.21. The SMILES string of the molecule is COc1ccc(C2CC(C(=O)Nc3ccc(-n4ccc(C)n4)cc3)NN2)cc1. The van der Waals surface area contributed by atoms with Crippen LogP contribution in [0.3, 0.4) is 0 Å². The summed E-state index contributed by atoms with van der Waals surface area (Å²) in [5, 5.41) is 7.35. The Morgan fingerprint density at radius 1 is 1.11 bits per heavy atom. The molecule has 3 aromatic rings. The van der Waals surface area contributed by atoms with Gasteiger partial charge in [0.15, 0.2) is 0 Å². The van der Waals surface area contributed by atoms with Crippen molar-refractivity contribution < 1.29 is 9.53 Å². The van der Waals surface area contributed by atoms with Crippen molar-refractivity contribution in [3.8, 4) is 11.4 Å². The average Bonchev–Trinajstić information content (AvgIpc) is 3.38. The lowest BCUT2D eigenvalue weighted by molar-refractivity contribution is -0.117. The number of carbonyl (C=O) groups is 1. The summed E-state index contributed by atoms with van der Waals surface area (Å²) in [5.41, 5.74) is 10.1. The second kappa shape index (κ2) is 7.84. The maximum Gasteiger partial charge on any atom is 0.242 e. The number of anilines is 1. The molecule has 1 aliphatic heterocycles. The van der Waals surface area contributed by atoms with Gasteiger partial charge in [0, 0.05) is 17.9 Å². The summed E-state index contributed by atoms with van der Waals surface area (Å²) in [5.74, 6) is 0.754. The predicted molar refractivity (Wildman–Crippen MR) is 107 cm³/mol. The summed E-state index contributed by atoms with van der Waals surface area (Å²) >= 11 is 0. The Morgan fingerprint density at radius 3 is 2.50 bits per heavy atom. The highest BCUT2D eigenvalue weighted by molar-refractivity contribution is 5.95. The number of hydrogen-bond acceptors (Lipinski definition) is 5. The normalized spacial score (nSPS) is 18.8. The van der Waals surface area contributed by atoms with Gasteiger partial charge < -0.3 is 10.1 Å². The molecule has 2 atom stereocenters. The van der Waals surface area contributed by atoms with Gasteiger partial charge >= 0.3 is 0 Å². The van der Waals surface area contributed by atoms with E-state index in [9.17, 15) is 4.79 Å². The summed E-state index contributed by atoms with van der Waals surface area (Å²) in [7, 11) is 1.65. The lowest BCUT2D eigenvalue weighted by atomic mass is 10.0. The molecule has 0 bridgehead atoms. The zero-order chi connectivity index (χ0) is 19.5. The molecule has 1 amide bonds. The van der Waals surface area contributed by atoms with Crippen LogP contribution in [0.5, 0.6) is 5.75 Å². The number of benzene rings is 2. The third-order valence-electron chi connectivity index (χ3n) is 4.86. The van der Waals surface area contributed by atoms with Crippen LogP contribution in [0.15, 0.2) is 60.8 Å². The van der Waals surface area contributed by atoms with E-state index in [1.807, 2.05) is 72.4 Å².